The SMILES string of the molecule is CN(Cc1csc(Br)c1)Cc1nnnn1-c1ccccc1. The first kappa shape index (κ1) is 14.4. The van der Waals surface area contributed by atoms with E-state index in [4.69, 9.17) is 0 Å². The maximum absolute atomic E-state index is 4.13. The molecule has 2 aromatic heterocycles. The smallest absolute Gasteiger partial charge is 0.170 e. The van der Waals surface area contributed by atoms with E-state index in [9.17, 15) is 0 Å². The van der Waals surface area contributed by atoms with Gasteiger partial charge in [0.1, 0.15) is 0 Å². The predicted octanol–water partition coefficient (Wildman–Crippen LogP) is 3.12. The van der Waals surface area contributed by atoms with Crippen molar-refractivity contribution in [3.8, 4) is 5.69 Å². The van der Waals surface area contributed by atoms with Crippen LogP contribution in [-0.4, -0.2) is 32.2 Å². The normalized spacial score (nSPS) is 11.2. The minimum Gasteiger partial charge on any atom is -0.295 e. The molecule has 3 rings (SSSR count). The third-order valence-corrected chi connectivity index (χ3v) is 4.57. The standard InChI is InChI=1S/C14H14BrN5S/c1-19(8-11-7-13(15)21-10-11)9-14-16-17-18-20(14)12-5-3-2-4-6-12/h2-7,10H,8-9H2,1H3. The molecule has 0 saturated heterocycles. The maximum Gasteiger partial charge on any atom is 0.170 e. The van der Waals surface area contributed by atoms with Gasteiger partial charge in [-0.2, -0.15) is 4.68 Å². The summed E-state index contributed by atoms with van der Waals surface area (Å²) in [7, 11) is 2.07. The van der Waals surface area contributed by atoms with Crippen LogP contribution in [0.4, 0.5) is 0 Å². The summed E-state index contributed by atoms with van der Waals surface area (Å²) < 4.78 is 2.93. The first-order chi connectivity index (χ1) is 10.2. The van der Waals surface area contributed by atoms with Gasteiger partial charge in [0.2, 0.25) is 0 Å². The third kappa shape index (κ3) is 3.55. The zero-order chi connectivity index (χ0) is 14.7. The fourth-order valence-electron chi connectivity index (χ4n) is 2.11. The van der Waals surface area contributed by atoms with Crippen molar-refractivity contribution >= 4 is 27.3 Å². The largest absolute Gasteiger partial charge is 0.295 e. The van der Waals surface area contributed by atoms with Gasteiger partial charge in [-0.15, -0.1) is 16.4 Å². The summed E-state index contributed by atoms with van der Waals surface area (Å²) in [5, 5.41) is 14.2. The van der Waals surface area contributed by atoms with E-state index in [1.807, 2.05) is 30.3 Å². The van der Waals surface area contributed by atoms with Crippen molar-refractivity contribution in [2.24, 2.45) is 0 Å². The van der Waals surface area contributed by atoms with Gasteiger partial charge in [-0.1, -0.05) is 18.2 Å². The molecule has 0 radical (unpaired) electrons. The lowest BCUT2D eigenvalue weighted by Gasteiger charge is -2.15. The van der Waals surface area contributed by atoms with Crippen LogP contribution in [0.2, 0.25) is 0 Å². The van der Waals surface area contributed by atoms with Gasteiger partial charge in [-0.3, -0.25) is 4.90 Å². The Morgan fingerprint density at radius 1 is 1.24 bits per heavy atom. The van der Waals surface area contributed by atoms with E-state index in [0.29, 0.717) is 6.54 Å². The van der Waals surface area contributed by atoms with Crippen LogP contribution in [0.1, 0.15) is 11.4 Å². The molecule has 0 fully saturated rings. The van der Waals surface area contributed by atoms with Crippen molar-refractivity contribution in [2.45, 2.75) is 13.1 Å². The predicted molar refractivity (Wildman–Crippen MR) is 86.3 cm³/mol. The quantitative estimate of drug-likeness (QED) is 0.698. The molecule has 0 N–H and O–H groups in total. The van der Waals surface area contributed by atoms with Gasteiger partial charge in [0.25, 0.3) is 0 Å². The van der Waals surface area contributed by atoms with E-state index in [-0.39, 0.29) is 0 Å². The van der Waals surface area contributed by atoms with Crippen molar-refractivity contribution in [3.63, 3.8) is 0 Å². The Kier molecular flexibility index (Phi) is 4.42. The lowest BCUT2D eigenvalue weighted by molar-refractivity contribution is 0.308. The van der Waals surface area contributed by atoms with Crippen LogP contribution in [0.3, 0.4) is 0 Å². The van der Waals surface area contributed by atoms with Crippen molar-refractivity contribution in [3.05, 3.63) is 57.0 Å². The van der Waals surface area contributed by atoms with Crippen LogP contribution < -0.4 is 0 Å². The van der Waals surface area contributed by atoms with E-state index in [2.05, 4.69) is 54.8 Å². The average Bonchev–Trinajstić information content (AvgIpc) is 3.09. The summed E-state index contributed by atoms with van der Waals surface area (Å²) in [5.41, 5.74) is 2.26. The van der Waals surface area contributed by atoms with Gasteiger partial charge >= 0.3 is 0 Å². The molecule has 0 amide bonds. The fourth-order valence-corrected chi connectivity index (χ4v) is 3.31. The first-order valence-electron chi connectivity index (χ1n) is 6.46. The number of rotatable bonds is 5. The topological polar surface area (TPSA) is 46.8 Å². The van der Waals surface area contributed by atoms with Crippen LogP contribution in [-0.2, 0) is 13.1 Å². The Hall–Kier alpha value is -1.57. The van der Waals surface area contributed by atoms with E-state index >= 15 is 0 Å². The van der Waals surface area contributed by atoms with Gasteiger partial charge in [-0.25, -0.2) is 0 Å². The Bertz CT molecular complexity index is 709. The van der Waals surface area contributed by atoms with E-state index < -0.39 is 0 Å². The van der Waals surface area contributed by atoms with Gasteiger partial charge < -0.3 is 0 Å². The number of benzene rings is 1. The molecule has 0 spiro atoms. The lowest BCUT2D eigenvalue weighted by atomic mass is 10.3. The molecule has 0 saturated carbocycles. The number of hydrogen-bond donors (Lipinski definition) is 0. The highest BCUT2D eigenvalue weighted by Crippen LogP contribution is 2.21. The fraction of sp³-hybridized carbons (Fsp3) is 0.214. The molecule has 0 aliphatic carbocycles. The summed E-state index contributed by atoms with van der Waals surface area (Å²) in [4.78, 5) is 2.19. The molecule has 21 heavy (non-hydrogen) atoms. The molecule has 1 aromatic carbocycles. The summed E-state index contributed by atoms with van der Waals surface area (Å²) in [5.74, 6) is 0.831. The molecule has 7 heteroatoms. The number of aromatic nitrogens is 4. The molecule has 2 heterocycles. The Morgan fingerprint density at radius 3 is 2.76 bits per heavy atom. The van der Waals surface area contributed by atoms with Crippen LogP contribution in [0.5, 0.6) is 0 Å². The van der Waals surface area contributed by atoms with E-state index in [0.717, 1.165) is 21.8 Å². The molecule has 108 valence electrons. The van der Waals surface area contributed by atoms with Crippen LogP contribution >= 0.6 is 27.3 Å². The van der Waals surface area contributed by atoms with Crippen molar-refractivity contribution in [1.82, 2.24) is 25.1 Å². The summed E-state index contributed by atoms with van der Waals surface area (Å²) in [6.45, 7) is 1.55. The van der Waals surface area contributed by atoms with Crippen molar-refractivity contribution < 1.29 is 0 Å². The first-order valence-corrected chi connectivity index (χ1v) is 8.14. The molecule has 0 unspecified atom stereocenters. The summed E-state index contributed by atoms with van der Waals surface area (Å²) >= 11 is 5.19. The summed E-state index contributed by atoms with van der Waals surface area (Å²) in [6, 6.07) is 12.1. The highest BCUT2D eigenvalue weighted by Gasteiger charge is 2.11. The number of halogens is 1. The zero-order valence-electron chi connectivity index (χ0n) is 11.5. The monoisotopic (exact) mass is 363 g/mol. The molecular weight excluding hydrogens is 350 g/mol. The number of thiophene rings is 1. The zero-order valence-corrected chi connectivity index (χ0v) is 13.9. The molecule has 3 aromatic rings. The third-order valence-electron chi connectivity index (χ3n) is 3.02. The molecule has 5 nitrogen and oxygen atoms in total. The number of tetrazole rings is 1. The van der Waals surface area contributed by atoms with Crippen LogP contribution in [0.15, 0.2) is 45.6 Å². The van der Waals surface area contributed by atoms with Gasteiger partial charge in [-0.05, 0) is 62.5 Å². The van der Waals surface area contributed by atoms with Crippen LogP contribution in [0, 0.1) is 0 Å². The van der Waals surface area contributed by atoms with Gasteiger partial charge in [0.15, 0.2) is 5.82 Å². The second-order valence-electron chi connectivity index (χ2n) is 4.77. The second-order valence-corrected chi connectivity index (χ2v) is 7.06. The van der Waals surface area contributed by atoms with Crippen LogP contribution in [0.25, 0.3) is 5.69 Å². The Balaban J connectivity index is 1.72. The highest BCUT2D eigenvalue weighted by atomic mass is 79.9. The molecule has 0 aliphatic heterocycles. The lowest BCUT2D eigenvalue weighted by Crippen LogP contribution is -2.19. The van der Waals surface area contributed by atoms with E-state index in [1.54, 1.807) is 16.0 Å². The Morgan fingerprint density at radius 2 is 2.05 bits per heavy atom. The summed E-state index contributed by atoms with van der Waals surface area (Å²) in [6.07, 6.45) is 0. The van der Waals surface area contributed by atoms with E-state index in [1.165, 1.54) is 5.56 Å². The minimum atomic E-state index is 0.690. The number of nitrogens with zero attached hydrogens (tertiary/aromatic N) is 5. The van der Waals surface area contributed by atoms with Gasteiger partial charge in [0.05, 0.1) is 16.0 Å². The number of hydrogen-bond acceptors (Lipinski definition) is 5. The number of para-hydroxylation sites is 1. The molecule has 0 aliphatic rings. The molecule has 0 atom stereocenters. The minimum absolute atomic E-state index is 0.690. The van der Waals surface area contributed by atoms with Crippen molar-refractivity contribution in [2.75, 3.05) is 7.05 Å². The van der Waals surface area contributed by atoms with Gasteiger partial charge in [0, 0.05) is 6.54 Å². The highest BCUT2D eigenvalue weighted by molar-refractivity contribution is 9.11. The maximum atomic E-state index is 4.13. The van der Waals surface area contributed by atoms with Crippen molar-refractivity contribution in [1.29, 1.82) is 0 Å². The Labute approximate surface area is 135 Å². The average molecular weight is 364 g/mol. The molecular formula is C14H14BrN5S. The molecule has 0 bridgehead atoms. The second kappa shape index (κ2) is 6.46.